The molecule has 0 saturated carbocycles. The third-order valence-corrected chi connectivity index (χ3v) is 4.19. The molecule has 0 atom stereocenters. The first-order chi connectivity index (χ1) is 8.19. The van der Waals surface area contributed by atoms with Crippen molar-refractivity contribution in [3.8, 4) is 5.88 Å². The number of halogens is 2. The van der Waals surface area contributed by atoms with Crippen LogP contribution in [0.5, 0.6) is 5.88 Å². The first-order valence-electron chi connectivity index (χ1n) is 4.72. The summed E-state index contributed by atoms with van der Waals surface area (Å²) >= 11 is 8.40. The van der Waals surface area contributed by atoms with Gasteiger partial charge < -0.3 is 10.1 Å². The van der Waals surface area contributed by atoms with Crippen molar-refractivity contribution >= 4 is 49.1 Å². The molecule has 0 amide bonds. The SMILES string of the molecule is COc1nc(NCc2cc(Br)cs2)ncc1Br. The molecule has 0 spiro atoms. The summed E-state index contributed by atoms with van der Waals surface area (Å²) in [6.45, 7) is 0.695. The number of hydrogen-bond donors (Lipinski definition) is 1. The minimum Gasteiger partial charge on any atom is -0.480 e. The average Bonchev–Trinajstić information content (AvgIpc) is 2.74. The lowest BCUT2D eigenvalue weighted by Gasteiger charge is -2.05. The normalized spacial score (nSPS) is 10.3. The molecule has 17 heavy (non-hydrogen) atoms. The molecule has 0 fully saturated rings. The highest BCUT2D eigenvalue weighted by atomic mass is 79.9. The number of ether oxygens (including phenoxy) is 1. The van der Waals surface area contributed by atoms with Crippen molar-refractivity contribution < 1.29 is 4.74 Å². The van der Waals surface area contributed by atoms with Crippen LogP contribution in [0.3, 0.4) is 0 Å². The lowest BCUT2D eigenvalue weighted by Crippen LogP contribution is -2.03. The molecular formula is C10H9Br2N3OS. The number of rotatable bonds is 4. The van der Waals surface area contributed by atoms with Crippen LogP contribution < -0.4 is 10.1 Å². The lowest BCUT2D eigenvalue weighted by atomic mass is 10.5. The van der Waals surface area contributed by atoms with Crippen LogP contribution in [0.25, 0.3) is 0 Å². The predicted octanol–water partition coefficient (Wildman–Crippen LogP) is 3.68. The molecule has 0 bridgehead atoms. The van der Waals surface area contributed by atoms with Gasteiger partial charge in [-0.1, -0.05) is 0 Å². The van der Waals surface area contributed by atoms with Crippen LogP contribution in [0, 0.1) is 0 Å². The van der Waals surface area contributed by atoms with Gasteiger partial charge in [-0.2, -0.15) is 4.98 Å². The van der Waals surface area contributed by atoms with Crippen molar-refractivity contribution in [2.45, 2.75) is 6.54 Å². The number of hydrogen-bond acceptors (Lipinski definition) is 5. The first kappa shape index (κ1) is 12.8. The second-order valence-electron chi connectivity index (χ2n) is 3.14. The van der Waals surface area contributed by atoms with Gasteiger partial charge in [-0.25, -0.2) is 4.98 Å². The molecule has 0 aromatic carbocycles. The monoisotopic (exact) mass is 377 g/mol. The number of anilines is 1. The highest BCUT2D eigenvalue weighted by Gasteiger charge is 2.05. The van der Waals surface area contributed by atoms with Gasteiger partial charge in [0.15, 0.2) is 0 Å². The van der Waals surface area contributed by atoms with Crippen molar-refractivity contribution in [1.29, 1.82) is 0 Å². The molecule has 4 nitrogen and oxygen atoms in total. The molecule has 0 radical (unpaired) electrons. The van der Waals surface area contributed by atoms with Gasteiger partial charge in [0.2, 0.25) is 11.8 Å². The standard InChI is InChI=1S/C10H9Br2N3OS/c1-16-9-8(12)4-14-10(15-9)13-3-7-2-6(11)5-17-7/h2,4-5H,3H2,1H3,(H,13,14,15). The van der Waals surface area contributed by atoms with Crippen molar-refractivity contribution in [3.05, 3.63) is 31.5 Å². The van der Waals surface area contributed by atoms with Crippen LogP contribution in [0.1, 0.15) is 4.88 Å². The largest absolute Gasteiger partial charge is 0.480 e. The Kier molecular flexibility index (Phi) is 4.36. The number of thiophene rings is 1. The maximum atomic E-state index is 5.10. The molecule has 0 aliphatic rings. The Labute approximate surface area is 120 Å². The van der Waals surface area contributed by atoms with E-state index in [2.05, 4.69) is 53.2 Å². The van der Waals surface area contributed by atoms with Gasteiger partial charge in [0.25, 0.3) is 0 Å². The Balaban J connectivity index is 2.04. The summed E-state index contributed by atoms with van der Waals surface area (Å²) in [4.78, 5) is 9.58. The van der Waals surface area contributed by atoms with E-state index in [9.17, 15) is 0 Å². The average molecular weight is 379 g/mol. The molecule has 2 rings (SSSR count). The summed E-state index contributed by atoms with van der Waals surface area (Å²) in [6, 6.07) is 2.06. The van der Waals surface area contributed by atoms with Gasteiger partial charge in [0, 0.05) is 14.7 Å². The summed E-state index contributed by atoms with van der Waals surface area (Å²) in [7, 11) is 1.58. The fraction of sp³-hybridized carbons (Fsp3) is 0.200. The van der Waals surface area contributed by atoms with Crippen molar-refractivity contribution in [2.24, 2.45) is 0 Å². The topological polar surface area (TPSA) is 47.0 Å². The smallest absolute Gasteiger partial charge is 0.232 e. The van der Waals surface area contributed by atoms with Gasteiger partial charge >= 0.3 is 0 Å². The van der Waals surface area contributed by atoms with E-state index in [1.807, 2.05) is 5.38 Å². The Morgan fingerprint density at radius 1 is 1.47 bits per heavy atom. The molecule has 0 aliphatic carbocycles. The molecule has 90 valence electrons. The van der Waals surface area contributed by atoms with Crippen molar-refractivity contribution in [3.63, 3.8) is 0 Å². The van der Waals surface area contributed by atoms with Crippen molar-refractivity contribution in [1.82, 2.24) is 9.97 Å². The number of nitrogens with one attached hydrogen (secondary N) is 1. The van der Waals surface area contributed by atoms with E-state index >= 15 is 0 Å². The zero-order chi connectivity index (χ0) is 12.3. The Hall–Kier alpha value is -0.660. The molecule has 0 aliphatic heterocycles. The Morgan fingerprint density at radius 3 is 2.94 bits per heavy atom. The van der Waals surface area contributed by atoms with E-state index in [4.69, 9.17) is 4.74 Å². The minimum atomic E-state index is 0.523. The van der Waals surface area contributed by atoms with Gasteiger partial charge in [0.05, 0.1) is 24.3 Å². The van der Waals surface area contributed by atoms with E-state index in [1.165, 1.54) is 4.88 Å². The number of nitrogens with zero attached hydrogens (tertiary/aromatic N) is 2. The second kappa shape index (κ2) is 5.79. The quantitative estimate of drug-likeness (QED) is 0.881. The highest BCUT2D eigenvalue weighted by molar-refractivity contribution is 9.10. The number of methoxy groups -OCH3 is 1. The van der Waals surface area contributed by atoms with Gasteiger partial charge in [-0.15, -0.1) is 11.3 Å². The van der Waals surface area contributed by atoms with E-state index < -0.39 is 0 Å². The third kappa shape index (κ3) is 3.40. The molecule has 2 heterocycles. The fourth-order valence-electron chi connectivity index (χ4n) is 1.19. The molecule has 0 saturated heterocycles. The van der Waals surface area contributed by atoms with E-state index in [0.29, 0.717) is 18.4 Å². The van der Waals surface area contributed by atoms with Gasteiger partial charge in [0.1, 0.15) is 0 Å². The number of aromatic nitrogens is 2. The zero-order valence-electron chi connectivity index (χ0n) is 8.91. The minimum absolute atomic E-state index is 0.523. The molecule has 0 unspecified atom stereocenters. The highest BCUT2D eigenvalue weighted by Crippen LogP contribution is 2.23. The lowest BCUT2D eigenvalue weighted by molar-refractivity contribution is 0.394. The molecule has 7 heteroatoms. The van der Waals surface area contributed by atoms with Crippen LogP contribution in [-0.2, 0) is 6.54 Å². The maximum absolute atomic E-state index is 5.10. The van der Waals surface area contributed by atoms with Crippen LogP contribution in [-0.4, -0.2) is 17.1 Å². The fourth-order valence-corrected chi connectivity index (χ4v) is 2.94. The zero-order valence-corrected chi connectivity index (χ0v) is 12.9. The van der Waals surface area contributed by atoms with Crippen molar-refractivity contribution in [2.75, 3.05) is 12.4 Å². The predicted molar refractivity (Wildman–Crippen MR) is 75.6 cm³/mol. The summed E-state index contributed by atoms with van der Waals surface area (Å²) in [5.41, 5.74) is 0. The van der Waals surface area contributed by atoms with E-state index in [1.54, 1.807) is 24.6 Å². The molecule has 1 N–H and O–H groups in total. The van der Waals surface area contributed by atoms with Crippen LogP contribution in [0.15, 0.2) is 26.6 Å². The third-order valence-electron chi connectivity index (χ3n) is 1.95. The summed E-state index contributed by atoms with van der Waals surface area (Å²) in [5.74, 6) is 1.07. The van der Waals surface area contributed by atoms with Crippen LogP contribution >= 0.6 is 43.2 Å². The summed E-state index contributed by atoms with van der Waals surface area (Å²) in [5, 5.41) is 5.18. The van der Waals surface area contributed by atoms with E-state index in [-0.39, 0.29) is 0 Å². The van der Waals surface area contributed by atoms with Gasteiger partial charge in [-0.3, -0.25) is 0 Å². The molecular weight excluding hydrogens is 370 g/mol. The van der Waals surface area contributed by atoms with E-state index in [0.717, 1.165) is 8.95 Å². The Morgan fingerprint density at radius 2 is 2.29 bits per heavy atom. The summed E-state index contributed by atoms with van der Waals surface area (Å²) in [6.07, 6.45) is 1.67. The van der Waals surface area contributed by atoms with Crippen LogP contribution in [0.2, 0.25) is 0 Å². The molecule has 2 aromatic rings. The summed E-state index contributed by atoms with van der Waals surface area (Å²) < 4.78 is 6.93. The second-order valence-corrected chi connectivity index (χ2v) is 5.90. The maximum Gasteiger partial charge on any atom is 0.232 e. The Bertz CT molecular complexity index is 518. The molecule has 2 aromatic heterocycles. The van der Waals surface area contributed by atoms with Gasteiger partial charge in [-0.05, 0) is 37.9 Å². The van der Waals surface area contributed by atoms with Crippen LogP contribution in [0.4, 0.5) is 5.95 Å². The first-order valence-corrected chi connectivity index (χ1v) is 7.19.